The molecule has 0 atom stereocenters. The van der Waals surface area contributed by atoms with Gasteiger partial charge < -0.3 is 9.64 Å². The van der Waals surface area contributed by atoms with Crippen molar-refractivity contribution in [2.75, 3.05) is 37.6 Å². The van der Waals surface area contributed by atoms with E-state index in [0.29, 0.717) is 12.3 Å². The molecular weight excluding hydrogens is 403 g/mol. The molecule has 0 fully saturated rings. The van der Waals surface area contributed by atoms with Gasteiger partial charge in [0.2, 0.25) is 0 Å². The van der Waals surface area contributed by atoms with Crippen LogP contribution in [0, 0.1) is 5.82 Å². The average molecular weight is 437 g/mol. The summed E-state index contributed by atoms with van der Waals surface area (Å²) in [4.78, 5) is 2.48. The Morgan fingerprint density at radius 1 is 0.867 bits per heavy atom. The summed E-state index contributed by atoms with van der Waals surface area (Å²) >= 11 is 0. The molecule has 30 heavy (non-hydrogen) atoms. The van der Waals surface area contributed by atoms with Crippen LogP contribution in [0.4, 0.5) is 10.1 Å². The van der Waals surface area contributed by atoms with Crippen LogP contribution in [-0.2, 0) is 10.0 Å². The van der Waals surface area contributed by atoms with Crippen molar-refractivity contribution >= 4 is 15.7 Å². The van der Waals surface area contributed by atoms with Crippen LogP contribution in [0.5, 0.6) is 5.75 Å². The number of unbranched alkanes of at least 4 members (excludes halogenated alkanes) is 3. The Bertz CT molecular complexity index is 851. The van der Waals surface area contributed by atoms with Crippen LogP contribution in [-0.4, -0.2) is 46.6 Å². The third kappa shape index (κ3) is 6.99. The first kappa shape index (κ1) is 24.2. The van der Waals surface area contributed by atoms with Gasteiger partial charge in [-0.1, -0.05) is 26.7 Å². The fourth-order valence-electron chi connectivity index (χ4n) is 3.18. The van der Waals surface area contributed by atoms with E-state index in [1.54, 1.807) is 24.3 Å². The van der Waals surface area contributed by atoms with Crippen LogP contribution in [0.3, 0.4) is 0 Å². The van der Waals surface area contributed by atoms with Crippen molar-refractivity contribution in [3.8, 4) is 5.75 Å². The van der Waals surface area contributed by atoms with Crippen molar-refractivity contribution in [3.05, 3.63) is 54.3 Å². The standard InChI is InChI=1S/C23H33FN2O3S/c1-4-26(5-2)18-8-6-7-9-19-29-22-14-12-21(13-15-22)25(3)30(27,28)23-16-10-20(24)11-17-23/h10-17H,4-9,18-19H2,1-3H3. The highest BCUT2D eigenvalue weighted by Crippen LogP contribution is 2.24. The molecule has 2 aromatic carbocycles. The van der Waals surface area contributed by atoms with Crippen molar-refractivity contribution in [1.82, 2.24) is 4.90 Å². The predicted octanol–water partition coefficient (Wildman–Crippen LogP) is 4.93. The fourth-order valence-corrected chi connectivity index (χ4v) is 4.37. The summed E-state index contributed by atoms with van der Waals surface area (Å²) in [5.74, 6) is 0.247. The molecule has 166 valence electrons. The second-order valence-electron chi connectivity index (χ2n) is 7.21. The molecule has 0 amide bonds. The van der Waals surface area contributed by atoms with Crippen LogP contribution in [0.1, 0.15) is 39.5 Å². The number of benzene rings is 2. The Morgan fingerprint density at radius 2 is 1.47 bits per heavy atom. The molecule has 0 heterocycles. The molecular formula is C23H33FN2O3S. The van der Waals surface area contributed by atoms with E-state index in [1.165, 1.54) is 36.3 Å². The maximum atomic E-state index is 13.1. The average Bonchev–Trinajstić information content (AvgIpc) is 2.76. The minimum absolute atomic E-state index is 0.0488. The smallest absolute Gasteiger partial charge is 0.264 e. The molecule has 0 aromatic heterocycles. The van der Waals surface area contributed by atoms with Gasteiger partial charge in [-0.2, -0.15) is 0 Å². The topological polar surface area (TPSA) is 49.9 Å². The zero-order valence-electron chi connectivity index (χ0n) is 18.2. The van der Waals surface area contributed by atoms with Gasteiger partial charge >= 0.3 is 0 Å². The minimum Gasteiger partial charge on any atom is -0.494 e. The molecule has 2 aromatic rings. The third-order valence-corrected chi connectivity index (χ3v) is 7.00. The second kappa shape index (κ2) is 11.9. The molecule has 0 saturated carbocycles. The largest absolute Gasteiger partial charge is 0.494 e. The van der Waals surface area contributed by atoms with Gasteiger partial charge in [0.05, 0.1) is 17.2 Å². The molecule has 0 unspecified atom stereocenters. The van der Waals surface area contributed by atoms with Crippen molar-refractivity contribution in [2.45, 2.75) is 44.4 Å². The third-order valence-electron chi connectivity index (χ3n) is 5.20. The summed E-state index contributed by atoms with van der Waals surface area (Å²) in [5.41, 5.74) is 0.517. The maximum absolute atomic E-state index is 13.1. The fraction of sp³-hybridized carbons (Fsp3) is 0.478. The minimum atomic E-state index is -3.74. The Balaban J connectivity index is 1.78. The van der Waals surface area contributed by atoms with Gasteiger partial charge in [0.15, 0.2) is 0 Å². The van der Waals surface area contributed by atoms with Gasteiger partial charge in [-0.25, -0.2) is 12.8 Å². The number of hydrogen-bond acceptors (Lipinski definition) is 4. The normalized spacial score (nSPS) is 11.6. The van der Waals surface area contributed by atoms with E-state index in [4.69, 9.17) is 4.74 Å². The highest BCUT2D eigenvalue weighted by molar-refractivity contribution is 7.92. The molecule has 0 spiro atoms. The number of hydrogen-bond donors (Lipinski definition) is 0. The van der Waals surface area contributed by atoms with Gasteiger partial charge in [0, 0.05) is 7.05 Å². The number of ether oxygens (including phenoxy) is 1. The Morgan fingerprint density at radius 3 is 2.07 bits per heavy atom. The summed E-state index contributed by atoms with van der Waals surface area (Å²) in [6, 6.07) is 11.8. The van der Waals surface area contributed by atoms with Gasteiger partial charge in [-0.05, 0) is 81.0 Å². The van der Waals surface area contributed by atoms with E-state index in [-0.39, 0.29) is 4.90 Å². The van der Waals surface area contributed by atoms with Gasteiger partial charge in [-0.15, -0.1) is 0 Å². The van der Waals surface area contributed by atoms with Gasteiger partial charge in [-0.3, -0.25) is 4.31 Å². The lowest BCUT2D eigenvalue weighted by Gasteiger charge is -2.20. The zero-order chi connectivity index (χ0) is 22.0. The molecule has 0 aliphatic heterocycles. The Labute approximate surface area is 180 Å². The van der Waals surface area contributed by atoms with Crippen LogP contribution >= 0.6 is 0 Å². The highest BCUT2D eigenvalue weighted by atomic mass is 32.2. The molecule has 0 aliphatic carbocycles. The van der Waals surface area contributed by atoms with Crippen molar-refractivity contribution in [1.29, 1.82) is 0 Å². The van der Waals surface area contributed by atoms with Crippen LogP contribution in [0.2, 0.25) is 0 Å². The Kier molecular flexibility index (Phi) is 9.59. The van der Waals surface area contributed by atoms with Crippen molar-refractivity contribution < 1.29 is 17.5 Å². The number of anilines is 1. The van der Waals surface area contributed by atoms with E-state index in [2.05, 4.69) is 18.7 Å². The molecule has 0 radical (unpaired) electrons. The quantitative estimate of drug-likeness (QED) is 0.418. The molecule has 0 saturated heterocycles. The maximum Gasteiger partial charge on any atom is 0.264 e. The lowest BCUT2D eigenvalue weighted by Crippen LogP contribution is -2.26. The first-order valence-electron chi connectivity index (χ1n) is 10.6. The first-order valence-corrected chi connectivity index (χ1v) is 12.0. The van der Waals surface area contributed by atoms with E-state index >= 15 is 0 Å². The summed E-state index contributed by atoms with van der Waals surface area (Å²) < 4.78 is 45.4. The molecule has 0 bridgehead atoms. The first-order chi connectivity index (χ1) is 14.4. The summed E-state index contributed by atoms with van der Waals surface area (Å²) in [6.07, 6.45) is 4.55. The lowest BCUT2D eigenvalue weighted by atomic mass is 10.2. The van der Waals surface area contributed by atoms with Crippen LogP contribution < -0.4 is 9.04 Å². The van der Waals surface area contributed by atoms with Crippen LogP contribution in [0.25, 0.3) is 0 Å². The number of nitrogens with zero attached hydrogens (tertiary/aromatic N) is 2. The molecule has 5 nitrogen and oxygen atoms in total. The van der Waals surface area contributed by atoms with Crippen molar-refractivity contribution in [2.24, 2.45) is 0 Å². The van der Waals surface area contributed by atoms with E-state index in [9.17, 15) is 12.8 Å². The summed E-state index contributed by atoms with van der Waals surface area (Å²) in [7, 11) is -2.26. The second-order valence-corrected chi connectivity index (χ2v) is 9.18. The molecule has 0 aliphatic rings. The zero-order valence-corrected chi connectivity index (χ0v) is 19.0. The van der Waals surface area contributed by atoms with E-state index in [0.717, 1.165) is 50.4 Å². The van der Waals surface area contributed by atoms with Crippen molar-refractivity contribution in [3.63, 3.8) is 0 Å². The highest BCUT2D eigenvalue weighted by Gasteiger charge is 2.21. The summed E-state index contributed by atoms with van der Waals surface area (Å²) in [6.45, 7) is 8.40. The van der Waals surface area contributed by atoms with E-state index < -0.39 is 15.8 Å². The molecule has 0 N–H and O–H groups in total. The predicted molar refractivity (Wildman–Crippen MR) is 120 cm³/mol. The monoisotopic (exact) mass is 436 g/mol. The molecule has 2 rings (SSSR count). The number of halogens is 1. The van der Waals surface area contributed by atoms with Crippen LogP contribution in [0.15, 0.2) is 53.4 Å². The summed E-state index contributed by atoms with van der Waals surface area (Å²) in [5, 5.41) is 0. The number of rotatable bonds is 13. The SMILES string of the molecule is CCN(CC)CCCCCCOc1ccc(N(C)S(=O)(=O)c2ccc(F)cc2)cc1. The van der Waals surface area contributed by atoms with Gasteiger partial charge in [0.1, 0.15) is 11.6 Å². The van der Waals surface area contributed by atoms with E-state index in [1.807, 2.05) is 0 Å². The Hall–Kier alpha value is -2.12. The van der Waals surface area contributed by atoms with Gasteiger partial charge in [0.25, 0.3) is 10.0 Å². The molecule has 7 heteroatoms. The number of sulfonamides is 1. The lowest BCUT2D eigenvalue weighted by molar-refractivity contribution is 0.284.